The Balaban J connectivity index is 0.000000505. The van der Waals surface area contributed by atoms with Gasteiger partial charge >= 0.3 is 29.0 Å². The molecule has 0 bridgehead atoms. The van der Waals surface area contributed by atoms with Gasteiger partial charge in [0.05, 0.1) is 11.0 Å². The predicted octanol–water partition coefficient (Wildman–Crippen LogP) is 13.6. The van der Waals surface area contributed by atoms with Crippen LogP contribution in [0.2, 0.25) is 0 Å². The first-order valence-electron chi connectivity index (χ1n) is 22.3. The number of fused-ring (bicyclic) bond motifs is 1. The van der Waals surface area contributed by atoms with E-state index < -0.39 is 29.0 Å². The second kappa shape index (κ2) is 26.1. The number of halogens is 16. The summed E-state index contributed by atoms with van der Waals surface area (Å²) in [4.78, 5) is 10.2. The molecule has 3 aromatic carbocycles. The second-order valence-electron chi connectivity index (χ2n) is 16.5. The normalized spacial score (nSPS) is 11.6. The molecule has 0 aliphatic carbocycles. The maximum absolute atomic E-state index is 9.75. The van der Waals surface area contributed by atoms with Crippen molar-refractivity contribution in [3.63, 3.8) is 0 Å². The van der Waals surface area contributed by atoms with Gasteiger partial charge in [-0.1, -0.05) is 76.2 Å². The summed E-state index contributed by atoms with van der Waals surface area (Å²) in [5.74, 6) is 0.911. The van der Waals surface area contributed by atoms with Gasteiger partial charge in [-0.2, -0.15) is 18.3 Å². The average Bonchev–Trinajstić information content (AvgIpc) is 3.30. The lowest BCUT2D eigenvalue weighted by Crippen LogP contribution is -2.38. The van der Waals surface area contributed by atoms with Crippen molar-refractivity contribution < 1.29 is 87.3 Å². The van der Waals surface area contributed by atoms with E-state index in [9.17, 15) is 69.1 Å². The van der Waals surface area contributed by atoms with Crippen molar-refractivity contribution in [2.75, 3.05) is 0 Å². The molecule has 26 heteroatoms. The summed E-state index contributed by atoms with van der Waals surface area (Å²) in [6.45, 7) is 10.2. The molecular formula is C48H46B4F16N6. The smallest absolute Gasteiger partial charge is 0.418 e. The first-order valence-corrected chi connectivity index (χ1v) is 22.3. The van der Waals surface area contributed by atoms with Crippen LogP contribution in [0.3, 0.4) is 0 Å². The fourth-order valence-corrected chi connectivity index (χ4v) is 7.16. The van der Waals surface area contributed by atoms with E-state index in [0.29, 0.717) is 24.9 Å². The highest BCUT2D eigenvalue weighted by Gasteiger charge is 2.23. The largest absolute Gasteiger partial charge is 0.673 e. The molecule has 0 aliphatic heterocycles. The van der Waals surface area contributed by atoms with E-state index in [1.165, 1.54) is 44.8 Å². The number of rotatable bonds is 10. The standard InChI is InChI=1S/C48H46N6.4BF4/c1-35(2)41-11-5-9-15-47(41)53-29-21-39(22-30-53)37-17-25-51(26-18-37)33-45-46(50-44-14-8-7-13-43(44)49-45)34-52-27-19-38(20-28-52)40-23-31-54(32-24-40)48-16-10-6-12-42(48)36(3)4;4*2-1(3,4)5/h5-32,35-36H,33-34H2,1-4H3;;;;/q+4;4*-1. The van der Waals surface area contributed by atoms with Crippen LogP contribution in [0.1, 0.15) is 62.0 Å². The van der Waals surface area contributed by atoms with E-state index in [1.807, 2.05) is 24.3 Å². The van der Waals surface area contributed by atoms with Crippen molar-refractivity contribution in [1.82, 2.24) is 9.97 Å². The van der Waals surface area contributed by atoms with Crippen LogP contribution in [0.25, 0.3) is 44.7 Å². The van der Waals surface area contributed by atoms with Crippen molar-refractivity contribution >= 4 is 40.1 Å². The Labute approximate surface area is 416 Å². The van der Waals surface area contributed by atoms with Crippen LogP contribution in [0.5, 0.6) is 0 Å². The molecule has 8 aromatic rings. The zero-order chi connectivity index (χ0) is 55.0. The molecule has 0 aliphatic rings. The summed E-state index contributed by atoms with van der Waals surface area (Å²) in [6, 6.07) is 42.8. The zero-order valence-electron chi connectivity index (χ0n) is 39.8. The number of benzene rings is 3. The topological polar surface area (TPSA) is 41.3 Å². The Hall–Kier alpha value is -7.26. The summed E-state index contributed by atoms with van der Waals surface area (Å²) in [5.41, 5.74) is 13.6. The van der Waals surface area contributed by atoms with Crippen LogP contribution in [0, 0.1) is 0 Å². The van der Waals surface area contributed by atoms with Gasteiger partial charge in [0.1, 0.15) is 11.4 Å². The molecule has 0 fully saturated rings. The predicted molar refractivity (Wildman–Crippen MR) is 254 cm³/mol. The Bertz CT molecular complexity index is 2740. The molecule has 6 nitrogen and oxygen atoms in total. The van der Waals surface area contributed by atoms with E-state index in [2.05, 4.69) is 193 Å². The van der Waals surface area contributed by atoms with Crippen LogP contribution in [-0.2, 0) is 13.1 Å². The van der Waals surface area contributed by atoms with Gasteiger partial charge in [0, 0.05) is 71.8 Å². The molecule has 0 unspecified atom stereocenters. The number of hydrogen-bond acceptors (Lipinski definition) is 2. The third-order valence-corrected chi connectivity index (χ3v) is 10.2. The van der Waals surface area contributed by atoms with Crippen LogP contribution >= 0.6 is 0 Å². The van der Waals surface area contributed by atoms with E-state index in [4.69, 9.17) is 9.97 Å². The molecule has 8 rings (SSSR count). The molecule has 0 radical (unpaired) electrons. The number of aromatic nitrogens is 6. The first kappa shape index (κ1) is 59.3. The lowest BCUT2D eigenvalue weighted by molar-refractivity contribution is -0.694. The minimum atomic E-state index is -6.00. The van der Waals surface area contributed by atoms with Gasteiger partial charge in [-0.15, -0.1) is 0 Å². The Morgan fingerprint density at radius 3 is 0.824 bits per heavy atom. The fourth-order valence-electron chi connectivity index (χ4n) is 7.16. The second-order valence-corrected chi connectivity index (χ2v) is 16.5. The van der Waals surface area contributed by atoms with Crippen molar-refractivity contribution in [2.45, 2.75) is 52.6 Å². The van der Waals surface area contributed by atoms with Crippen molar-refractivity contribution in [3.8, 4) is 33.6 Å². The zero-order valence-corrected chi connectivity index (χ0v) is 39.8. The number of pyridine rings is 4. The summed E-state index contributed by atoms with van der Waals surface area (Å²) in [5, 5.41) is 0. The monoisotopic (exact) mass is 1050 g/mol. The van der Waals surface area contributed by atoms with Gasteiger partial charge < -0.3 is 69.1 Å². The van der Waals surface area contributed by atoms with Gasteiger partial charge in [-0.05, 0) is 46.2 Å². The summed E-state index contributed by atoms with van der Waals surface area (Å²) < 4.78 is 165. The highest BCUT2D eigenvalue weighted by molar-refractivity contribution is 6.51. The Kier molecular flexibility index (Phi) is 20.9. The van der Waals surface area contributed by atoms with Crippen molar-refractivity contribution in [1.29, 1.82) is 0 Å². The number of nitrogens with zero attached hydrogens (tertiary/aromatic N) is 6. The lowest BCUT2D eigenvalue weighted by Gasteiger charge is -2.08. The lowest BCUT2D eigenvalue weighted by atomic mass is 10.0. The van der Waals surface area contributed by atoms with Crippen LogP contribution in [0.4, 0.5) is 69.1 Å². The minimum absolute atomic E-state index is 0.456. The molecule has 5 aromatic heterocycles. The van der Waals surface area contributed by atoms with Crippen molar-refractivity contribution in [3.05, 3.63) is 193 Å². The maximum atomic E-state index is 9.75. The fraction of sp³-hybridized carbons (Fsp3) is 0.167. The van der Waals surface area contributed by atoms with E-state index in [0.717, 1.165) is 22.4 Å². The SMILES string of the molecule is CC(C)c1ccccc1-[n+]1ccc(-c2cc[n+](Cc3nc4ccccc4nc3C[n+]3ccc(-c4cc[n+](-c5ccccc5C(C)C)cc4)cc3)cc2)cc1.F[B-](F)(F)F.F[B-](F)(F)F.F[B-](F)(F)F.F[B-](F)(F)F. The molecule has 0 spiro atoms. The van der Waals surface area contributed by atoms with E-state index in [-0.39, 0.29) is 0 Å². The third-order valence-electron chi connectivity index (χ3n) is 10.2. The highest BCUT2D eigenvalue weighted by atomic mass is 19.5. The first-order chi connectivity index (χ1) is 34.4. The van der Waals surface area contributed by atoms with Gasteiger partial charge in [-0.3, -0.25) is 0 Å². The number of para-hydroxylation sites is 4. The molecule has 0 N–H and O–H groups in total. The summed E-state index contributed by atoms with van der Waals surface area (Å²) in [7, 11) is -24.0. The molecule has 74 heavy (non-hydrogen) atoms. The summed E-state index contributed by atoms with van der Waals surface area (Å²) >= 11 is 0. The maximum Gasteiger partial charge on any atom is 0.673 e. The van der Waals surface area contributed by atoms with Gasteiger partial charge in [0.25, 0.3) is 0 Å². The molecule has 0 atom stereocenters. The molecule has 392 valence electrons. The van der Waals surface area contributed by atoms with Gasteiger partial charge in [0.15, 0.2) is 62.7 Å². The van der Waals surface area contributed by atoms with Crippen molar-refractivity contribution in [2.24, 2.45) is 0 Å². The quantitative estimate of drug-likeness (QED) is 0.0778. The third kappa shape index (κ3) is 21.8. The molecule has 0 amide bonds. The van der Waals surface area contributed by atoms with Crippen LogP contribution < -0.4 is 18.3 Å². The van der Waals surface area contributed by atoms with Crippen LogP contribution in [-0.4, -0.2) is 39.0 Å². The highest BCUT2D eigenvalue weighted by Crippen LogP contribution is 2.23. The number of hydrogen-bond donors (Lipinski definition) is 0. The van der Waals surface area contributed by atoms with Gasteiger partial charge in [-0.25, -0.2) is 9.97 Å². The van der Waals surface area contributed by atoms with E-state index in [1.54, 1.807) is 0 Å². The van der Waals surface area contributed by atoms with Gasteiger partial charge in [0.2, 0.25) is 11.4 Å². The van der Waals surface area contributed by atoms with E-state index >= 15 is 0 Å². The average molecular weight is 1050 g/mol. The minimum Gasteiger partial charge on any atom is -0.418 e. The Morgan fingerprint density at radius 1 is 0.338 bits per heavy atom. The molecule has 0 saturated heterocycles. The Morgan fingerprint density at radius 2 is 0.568 bits per heavy atom. The summed E-state index contributed by atoms with van der Waals surface area (Å²) in [6.07, 6.45) is 17.2. The molecule has 0 saturated carbocycles. The molecule has 5 heterocycles. The molecular weight excluding hydrogens is 1010 g/mol. The van der Waals surface area contributed by atoms with Crippen LogP contribution in [0.15, 0.2) is 171 Å².